The first-order chi connectivity index (χ1) is 9.49. The molecule has 0 spiro atoms. The van der Waals surface area contributed by atoms with Crippen LogP contribution in [0.1, 0.15) is 37.5 Å². The third-order valence-electron chi connectivity index (χ3n) is 3.58. The molecule has 2 aromatic carbocycles. The van der Waals surface area contributed by atoms with Gasteiger partial charge in [0.1, 0.15) is 0 Å². The largest absolute Gasteiger partial charge is 0.0876 e. The molecule has 2 aromatic rings. The van der Waals surface area contributed by atoms with E-state index in [9.17, 15) is 0 Å². The molecule has 20 heavy (non-hydrogen) atoms. The van der Waals surface area contributed by atoms with Crippen LogP contribution < -0.4 is 0 Å². The van der Waals surface area contributed by atoms with Gasteiger partial charge in [0.2, 0.25) is 0 Å². The Kier molecular flexibility index (Phi) is 5.09. The molecule has 106 valence electrons. The molecule has 0 saturated heterocycles. The van der Waals surface area contributed by atoms with Crippen molar-refractivity contribution in [1.29, 1.82) is 0 Å². The highest BCUT2D eigenvalue weighted by Gasteiger charge is 2.20. The van der Waals surface area contributed by atoms with Crippen molar-refractivity contribution in [2.24, 2.45) is 0 Å². The van der Waals surface area contributed by atoms with Gasteiger partial charge in [0, 0.05) is 10.7 Å². The predicted octanol–water partition coefficient (Wildman–Crippen LogP) is 6.44. The van der Waals surface area contributed by atoms with Gasteiger partial charge in [-0.25, -0.2) is 0 Å². The lowest BCUT2D eigenvalue weighted by atomic mass is 9.81. The van der Waals surface area contributed by atoms with Crippen molar-refractivity contribution in [3.63, 3.8) is 0 Å². The van der Waals surface area contributed by atoms with Crippen LogP contribution in [0.5, 0.6) is 0 Å². The first kappa shape index (κ1) is 15.8. The Bertz CT molecular complexity index is 595. The van der Waals surface area contributed by atoms with E-state index in [1.807, 2.05) is 0 Å². The Hall–Kier alpha value is -0.600. The summed E-state index contributed by atoms with van der Waals surface area (Å²) in [5.41, 5.74) is 6.95. The molecule has 0 unspecified atom stereocenters. The van der Waals surface area contributed by atoms with Gasteiger partial charge >= 0.3 is 0 Å². The average molecular weight is 396 g/mol. The van der Waals surface area contributed by atoms with E-state index in [-0.39, 0.29) is 5.41 Å². The summed E-state index contributed by atoms with van der Waals surface area (Å²) in [5, 5.41) is 1.77. The van der Waals surface area contributed by atoms with Crippen LogP contribution in [0.3, 0.4) is 0 Å². The maximum atomic E-state index is 3.65. The summed E-state index contributed by atoms with van der Waals surface area (Å²) in [5.74, 6) is 0. The van der Waals surface area contributed by atoms with Crippen LogP contribution in [0.15, 0.2) is 42.5 Å². The van der Waals surface area contributed by atoms with Crippen molar-refractivity contribution in [3.05, 3.63) is 59.2 Å². The van der Waals surface area contributed by atoms with Gasteiger partial charge in [-0.2, -0.15) is 0 Å². The zero-order chi connectivity index (χ0) is 14.8. The van der Waals surface area contributed by atoms with Crippen molar-refractivity contribution in [1.82, 2.24) is 0 Å². The fraction of sp³-hybridized carbons (Fsp3) is 0.333. The molecule has 0 nitrogen and oxygen atoms in total. The fourth-order valence-electron chi connectivity index (χ4n) is 2.54. The summed E-state index contributed by atoms with van der Waals surface area (Å²) in [4.78, 5) is 0. The third-order valence-corrected chi connectivity index (χ3v) is 4.74. The normalized spacial score (nSPS) is 11.7. The SMILES string of the molecule is CC(C)(C)c1ccccc1-c1cccc(CBr)c1CBr. The minimum atomic E-state index is 0.143. The summed E-state index contributed by atoms with van der Waals surface area (Å²) in [6.07, 6.45) is 0. The molecule has 0 aliphatic carbocycles. The van der Waals surface area contributed by atoms with Crippen molar-refractivity contribution in [3.8, 4) is 11.1 Å². The minimum Gasteiger partial charge on any atom is -0.0876 e. The van der Waals surface area contributed by atoms with E-state index >= 15 is 0 Å². The molecule has 2 heteroatoms. The van der Waals surface area contributed by atoms with E-state index in [4.69, 9.17) is 0 Å². The number of rotatable bonds is 3. The lowest BCUT2D eigenvalue weighted by molar-refractivity contribution is 0.592. The van der Waals surface area contributed by atoms with Gasteiger partial charge in [-0.05, 0) is 33.2 Å². The highest BCUT2D eigenvalue weighted by Crippen LogP contribution is 2.36. The second-order valence-electron chi connectivity index (χ2n) is 6.01. The highest BCUT2D eigenvalue weighted by atomic mass is 79.9. The molecule has 0 aromatic heterocycles. The number of benzene rings is 2. The second-order valence-corrected chi connectivity index (χ2v) is 7.13. The Balaban J connectivity index is 2.70. The van der Waals surface area contributed by atoms with Crippen LogP contribution >= 0.6 is 31.9 Å². The quantitative estimate of drug-likeness (QED) is 0.524. The molecular formula is C18H20Br2. The maximum absolute atomic E-state index is 3.65. The van der Waals surface area contributed by atoms with Gasteiger partial charge < -0.3 is 0 Å². The van der Waals surface area contributed by atoms with Crippen LogP contribution in [-0.2, 0) is 16.1 Å². The highest BCUT2D eigenvalue weighted by molar-refractivity contribution is 9.09. The van der Waals surface area contributed by atoms with Gasteiger partial charge in [0.25, 0.3) is 0 Å². The Morgan fingerprint density at radius 1 is 0.800 bits per heavy atom. The Labute approximate surface area is 138 Å². The number of halogens is 2. The molecule has 0 atom stereocenters. The zero-order valence-corrected chi connectivity index (χ0v) is 15.4. The molecule has 0 fully saturated rings. The summed E-state index contributed by atoms with van der Waals surface area (Å²) < 4.78 is 0. The standard InChI is InChI=1S/C18H20Br2/c1-18(2,3)17-10-5-4-8-15(17)14-9-6-7-13(11-19)16(14)12-20/h4-10H,11-12H2,1-3H3. The van der Waals surface area contributed by atoms with Crippen LogP contribution in [0, 0.1) is 0 Å². The average Bonchev–Trinajstić information content (AvgIpc) is 2.45. The zero-order valence-electron chi connectivity index (χ0n) is 12.2. The first-order valence-electron chi connectivity index (χ1n) is 6.81. The van der Waals surface area contributed by atoms with Gasteiger partial charge in [-0.15, -0.1) is 0 Å². The molecule has 0 radical (unpaired) electrons. The smallest absolute Gasteiger partial charge is 0.0292 e. The summed E-state index contributed by atoms with van der Waals surface area (Å²) in [7, 11) is 0. The summed E-state index contributed by atoms with van der Waals surface area (Å²) >= 11 is 7.24. The van der Waals surface area contributed by atoms with Crippen LogP contribution in [0.4, 0.5) is 0 Å². The van der Waals surface area contributed by atoms with Gasteiger partial charge in [-0.1, -0.05) is 95.1 Å². The number of hydrogen-bond acceptors (Lipinski definition) is 0. The number of alkyl halides is 2. The van der Waals surface area contributed by atoms with Gasteiger partial charge in [0.15, 0.2) is 0 Å². The third kappa shape index (κ3) is 3.17. The van der Waals surface area contributed by atoms with Crippen molar-refractivity contribution >= 4 is 31.9 Å². The number of hydrogen-bond donors (Lipinski definition) is 0. The van der Waals surface area contributed by atoms with E-state index < -0.39 is 0 Å². The van der Waals surface area contributed by atoms with E-state index in [0.717, 1.165) is 10.7 Å². The Morgan fingerprint density at radius 3 is 2.05 bits per heavy atom. The van der Waals surface area contributed by atoms with Crippen LogP contribution in [0.25, 0.3) is 11.1 Å². The van der Waals surface area contributed by atoms with Crippen molar-refractivity contribution in [2.45, 2.75) is 36.8 Å². The van der Waals surface area contributed by atoms with E-state index in [1.54, 1.807) is 0 Å². The maximum Gasteiger partial charge on any atom is 0.0292 e. The van der Waals surface area contributed by atoms with E-state index in [0.29, 0.717) is 0 Å². The molecule has 0 amide bonds. The molecule has 0 saturated carbocycles. The predicted molar refractivity (Wildman–Crippen MR) is 95.8 cm³/mol. The summed E-state index contributed by atoms with van der Waals surface area (Å²) in [6, 6.07) is 15.3. The Morgan fingerprint density at radius 2 is 1.45 bits per heavy atom. The molecule has 0 aliphatic rings. The minimum absolute atomic E-state index is 0.143. The second kappa shape index (κ2) is 6.44. The molecule has 0 bridgehead atoms. The van der Waals surface area contributed by atoms with Crippen molar-refractivity contribution in [2.75, 3.05) is 0 Å². The lowest BCUT2D eigenvalue weighted by Crippen LogP contribution is -2.13. The van der Waals surface area contributed by atoms with E-state index in [2.05, 4.69) is 95.1 Å². The molecule has 0 heterocycles. The fourth-order valence-corrected chi connectivity index (χ4v) is 3.73. The monoisotopic (exact) mass is 394 g/mol. The molecule has 0 aliphatic heterocycles. The molecular weight excluding hydrogens is 376 g/mol. The lowest BCUT2D eigenvalue weighted by Gasteiger charge is -2.24. The topological polar surface area (TPSA) is 0 Å². The van der Waals surface area contributed by atoms with E-state index in [1.165, 1.54) is 27.8 Å². The van der Waals surface area contributed by atoms with Crippen molar-refractivity contribution < 1.29 is 0 Å². The molecule has 2 rings (SSSR count). The first-order valence-corrected chi connectivity index (χ1v) is 9.06. The van der Waals surface area contributed by atoms with Crippen LogP contribution in [-0.4, -0.2) is 0 Å². The van der Waals surface area contributed by atoms with Crippen LogP contribution in [0.2, 0.25) is 0 Å². The molecule has 0 N–H and O–H groups in total. The van der Waals surface area contributed by atoms with Gasteiger partial charge in [0.05, 0.1) is 0 Å². The summed E-state index contributed by atoms with van der Waals surface area (Å²) in [6.45, 7) is 6.82. The van der Waals surface area contributed by atoms with Gasteiger partial charge in [-0.3, -0.25) is 0 Å².